The third-order valence-corrected chi connectivity index (χ3v) is 3.58. The van der Waals surface area contributed by atoms with Gasteiger partial charge in [-0.1, -0.05) is 12.1 Å². The zero-order chi connectivity index (χ0) is 18.9. The van der Waals surface area contributed by atoms with Gasteiger partial charge in [-0.3, -0.25) is 4.79 Å². The number of hydrogen-bond donors (Lipinski definition) is 0. The molecule has 0 spiro atoms. The standard InChI is InChI=1S/C20H19NO5/c1-23-17-9-6-15(13-20(17)25-3)16(22)7-4-14-5-8-18(26-11-10-21)19(12-14)24-2/h4-9,12-13H,11H2,1-3H3. The minimum Gasteiger partial charge on any atom is -0.493 e. The summed E-state index contributed by atoms with van der Waals surface area (Å²) in [6.45, 7) is -0.0661. The number of ether oxygens (including phenoxy) is 4. The Hall–Kier alpha value is -3.46. The summed E-state index contributed by atoms with van der Waals surface area (Å²) in [5.74, 6) is 1.84. The van der Waals surface area contributed by atoms with Crippen molar-refractivity contribution in [3.8, 4) is 29.1 Å². The second-order valence-corrected chi connectivity index (χ2v) is 5.12. The molecular weight excluding hydrogens is 334 g/mol. The summed E-state index contributed by atoms with van der Waals surface area (Å²) in [7, 11) is 4.57. The van der Waals surface area contributed by atoms with Crippen LogP contribution in [0.25, 0.3) is 6.08 Å². The molecule has 134 valence electrons. The molecule has 0 unspecified atom stereocenters. The monoisotopic (exact) mass is 353 g/mol. The van der Waals surface area contributed by atoms with E-state index in [2.05, 4.69) is 0 Å². The molecule has 0 heterocycles. The quantitative estimate of drug-likeness (QED) is 0.534. The number of ketones is 1. The lowest BCUT2D eigenvalue weighted by atomic mass is 10.1. The van der Waals surface area contributed by atoms with Crippen molar-refractivity contribution >= 4 is 11.9 Å². The molecule has 26 heavy (non-hydrogen) atoms. The van der Waals surface area contributed by atoms with Gasteiger partial charge in [-0.15, -0.1) is 0 Å². The summed E-state index contributed by atoms with van der Waals surface area (Å²) in [5.41, 5.74) is 1.25. The summed E-state index contributed by atoms with van der Waals surface area (Å²) >= 11 is 0. The highest BCUT2D eigenvalue weighted by Gasteiger charge is 2.09. The zero-order valence-corrected chi connectivity index (χ0v) is 14.8. The van der Waals surface area contributed by atoms with Crippen molar-refractivity contribution in [1.82, 2.24) is 0 Å². The molecular formula is C20H19NO5. The number of methoxy groups -OCH3 is 3. The van der Waals surface area contributed by atoms with E-state index in [0.717, 1.165) is 5.56 Å². The third kappa shape index (κ3) is 4.54. The second-order valence-electron chi connectivity index (χ2n) is 5.12. The molecule has 0 aromatic heterocycles. The number of carbonyl (C=O) groups is 1. The number of hydrogen-bond acceptors (Lipinski definition) is 6. The fourth-order valence-corrected chi connectivity index (χ4v) is 2.27. The summed E-state index contributed by atoms with van der Waals surface area (Å²) in [4.78, 5) is 12.4. The molecule has 0 N–H and O–H groups in total. The Kier molecular flexibility index (Phi) is 6.63. The molecule has 0 atom stereocenters. The molecule has 2 aromatic carbocycles. The van der Waals surface area contributed by atoms with Crippen molar-refractivity contribution in [2.75, 3.05) is 27.9 Å². The Morgan fingerprint density at radius 2 is 1.62 bits per heavy atom. The molecule has 6 nitrogen and oxygen atoms in total. The fraction of sp³-hybridized carbons (Fsp3) is 0.200. The van der Waals surface area contributed by atoms with Gasteiger partial charge in [0.2, 0.25) is 0 Å². The summed E-state index contributed by atoms with van der Waals surface area (Å²) in [6.07, 6.45) is 3.14. The van der Waals surface area contributed by atoms with Crippen LogP contribution in [0.4, 0.5) is 0 Å². The smallest absolute Gasteiger partial charge is 0.185 e. The van der Waals surface area contributed by atoms with E-state index in [1.54, 1.807) is 42.5 Å². The van der Waals surface area contributed by atoms with Crippen LogP contribution in [0.1, 0.15) is 15.9 Å². The Morgan fingerprint density at radius 3 is 2.27 bits per heavy atom. The highest BCUT2D eigenvalue weighted by Crippen LogP contribution is 2.29. The molecule has 0 aliphatic carbocycles. The lowest BCUT2D eigenvalue weighted by Crippen LogP contribution is -1.98. The van der Waals surface area contributed by atoms with Crippen molar-refractivity contribution in [1.29, 1.82) is 5.26 Å². The van der Waals surface area contributed by atoms with Crippen LogP contribution in [0.2, 0.25) is 0 Å². The number of allylic oxidation sites excluding steroid dienone is 1. The zero-order valence-electron chi connectivity index (χ0n) is 14.8. The fourth-order valence-electron chi connectivity index (χ4n) is 2.27. The van der Waals surface area contributed by atoms with Crippen molar-refractivity contribution in [3.63, 3.8) is 0 Å². The van der Waals surface area contributed by atoms with Crippen LogP contribution >= 0.6 is 0 Å². The summed E-state index contributed by atoms with van der Waals surface area (Å²) in [5, 5.41) is 8.59. The van der Waals surface area contributed by atoms with Gasteiger partial charge in [0.05, 0.1) is 21.3 Å². The Labute approximate surface area is 152 Å². The maximum absolute atomic E-state index is 12.4. The number of nitrogens with zero attached hydrogens (tertiary/aromatic N) is 1. The molecule has 0 aliphatic heterocycles. The van der Waals surface area contributed by atoms with Gasteiger partial charge in [0, 0.05) is 5.56 Å². The van der Waals surface area contributed by atoms with Crippen LogP contribution < -0.4 is 18.9 Å². The van der Waals surface area contributed by atoms with Crippen molar-refractivity contribution in [3.05, 3.63) is 53.6 Å². The van der Waals surface area contributed by atoms with E-state index in [-0.39, 0.29) is 12.4 Å². The minimum absolute atomic E-state index is 0.0661. The van der Waals surface area contributed by atoms with E-state index in [0.29, 0.717) is 28.6 Å². The van der Waals surface area contributed by atoms with Crippen LogP contribution in [0, 0.1) is 11.3 Å². The van der Waals surface area contributed by atoms with Crippen LogP contribution in [-0.2, 0) is 0 Å². The largest absolute Gasteiger partial charge is 0.493 e. The van der Waals surface area contributed by atoms with Gasteiger partial charge in [-0.05, 0) is 42.0 Å². The van der Waals surface area contributed by atoms with Gasteiger partial charge in [-0.25, -0.2) is 0 Å². The molecule has 0 bridgehead atoms. The van der Waals surface area contributed by atoms with E-state index in [1.165, 1.54) is 27.4 Å². The third-order valence-electron chi connectivity index (χ3n) is 3.58. The summed E-state index contributed by atoms with van der Waals surface area (Å²) < 4.78 is 20.9. The maximum Gasteiger partial charge on any atom is 0.185 e. The molecule has 0 amide bonds. The number of rotatable bonds is 8. The average Bonchev–Trinajstić information content (AvgIpc) is 2.69. The van der Waals surface area contributed by atoms with Crippen LogP contribution in [0.3, 0.4) is 0 Å². The van der Waals surface area contributed by atoms with Crippen LogP contribution in [0.5, 0.6) is 23.0 Å². The molecule has 0 fully saturated rings. The van der Waals surface area contributed by atoms with Gasteiger partial charge in [-0.2, -0.15) is 5.26 Å². The van der Waals surface area contributed by atoms with Crippen molar-refractivity contribution in [2.45, 2.75) is 0 Å². The van der Waals surface area contributed by atoms with Gasteiger partial charge in [0.1, 0.15) is 6.07 Å². The van der Waals surface area contributed by atoms with E-state index in [4.69, 9.17) is 24.2 Å². The molecule has 0 saturated heterocycles. The predicted octanol–water partition coefficient (Wildman–Crippen LogP) is 3.51. The summed E-state index contributed by atoms with van der Waals surface area (Å²) in [6, 6.07) is 12.1. The SMILES string of the molecule is COc1ccc(C(=O)C=Cc2ccc(OCC#N)c(OC)c2)cc1OC. The van der Waals surface area contributed by atoms with Gasteiger partial charge in [0.25, 0.3) is 0 Å². The molecule has 0 radical (unpaired) electrons. The predicted molar refractivity (Wildman–Crippen MR) is 97.0 cm³/mol. The normalized spacial score (nSPS) is 10.2. The van der Waals surface area contributed by atoms with E-state index in [1.807, 2.05) is 6.07 Å². The molecule has 0 saturated carbocycles. The molecule has 2 rings (SSSR count). The average molecular weight is 353 g/mol. The lowest BCUT2D eigenvalue weighted by Gasteiger charge is -2.09. The Bertz CT molecular complexity index is 852. The van der Waals surface area contributed by atoms with Gasteiger partial charge in [0.15, 0.2) is 35.4 Å². The van der Waals surface area contributed by atoms with Gasteiger partial charge >= 0.3 is 0 Å². The lowest BCUT2D eigenvalue weighted by molar-refractivity contribution is 0.104. The van der Waals surface area contributed by atoms with Crippen LogP contribution in [0.15, 0.2) is 42.5 Å². The minimum atomic E-state index is -0.172. The molecule has 2 aromatic rings. The first-order valence-corrected chi connectivity index (χ1v) is 7.75. The highest BCUT2D eigenvalue weighted by atomic mass is 16.5. The van der Waals surface area contributed by atoms with E-state index in [9.17, 15) is 4.79 Å². The number of carbonyl (C=O) groups excluding carboxylic acids is 1. The van der Waals surface area contributed by atoms with Crippen LogP contribution in [-0.4, -0.2) is 33.7 Å². The first-order chi connectivity index (χ1) is 12.6. The van der Waals surface area contributed by atoms with E-state index < -0.39 is 0 Å². The maximum atomic E-state index is 12.4. The van der Waals surface area contributed by atoms with Crippen molar-refractivity contribution in [2.24, 2.45) is 0 Å². The first kappa shape index (κ1) is 18.9. The van der Waals surface area contributed by atoms with Crippen molar-refractivity contribution < 1.29 is 23.7 Å². The van der Waals surface area contributed by atoms with Gasteiger partial charge < -0.3 is 18.9 Å². The number of benzene rings is 2. The first-order valence-electron chi connectivity index (χ1n) is 7.75. The Morgan fingerprint density at radius 1 is 0.962 bits per heavy atom. The van der Waals surface area contributed by atoms with E-state index >= 15 is 0 Å². The second kappa shape index (κ2) is 9.14. The molecule has 6 heteroatoms. The highest BCUT2D eigenvalue weighted by molar-refractivity contribution is 6.07. The molecule has 0 aliphatic rings. The number of nitriles is 1. The Balaban J connectivity index is 2.18. The topological polar surface area (TPSA) is 77.8 Å².